The largest absolute Gasteiger partial charge is 0.573 e. The van der Waals surface area contributed by atoms with E-state index in [9.17, 15) is 18.0 Å². The van der Waals surface area contributed by atoms with Crippen molar-refractivity contribution < 1.29 is 27.4 Å². The Kier molecular flexibility index (Phi) is 5.23. The van der Waals surface area contributed by atoms with Gasteiger partial charge < -0.3 is 9.47 Å². The molecule has 19 heavy (non-hydrogen) atoms. The van der Waals surface area contributed by atoms with Crippen LogP contribution in [0.4, 0.5) is 13.2 Å². The second-order valence-corrected chi connectivity index (χ2v) is 3.74. The molecule has 0 amide bonds. The van der Waals surface area contributed by atoms with Gasteiger partial charge in [0.15, 0.2) is 0 Å². The summed E-state index contributed by atoms with van der Waals surface area (Å²) in [6.07, 6.45) is -3.45. The highest BCUT2D eigenvalue weighted by Gasteiger charge is 2.30. The summed E-state index contributed by atoms with van der Waals surface area (Å²) < 4.78 is 44.1. The van der Waals surface area contributed by atoms with Gasteiger partial charge in [-0.15, -0.1) is 13.2 Å². The predicted octanol–water partition coefficient (Wildman–Crippen LogP) is 3.73. The number of ether oxygens (including phenoxy) is 2. The Morgan fingerprint density at radius 3 is 2.37 bits per heavy atom. The SMILES string of the molecule is CCOC(=O)/C(Cl)=C/c1ccc(OC(F)(F)F)cc1. The molecule has 0 atom stereocenters. The number of carbonyl (C=O) groups is 1. The molecule has 0 N–H and O–H groups in total. The molecule has 0 saturated carbocycles. The van der Waals surface area contributed by atoms with Gasteiger partial charge in [-0.1, -0.05) is 23.7 Å². The van der Waals surface area contributed by atoms with Gasteiger partial charge in [0.05, 0.1) is 6.61 Å². The molecular formula is C12H10ClF3O3. The summed E-state index contributed by atoms with van der Waals surface area (Å²) in [6.45, 7) is 1.81. The van der Waals surface area contributed by atoms with E-state index < -0.39 is 12.3 Å². The summed E-state index contributed by atoms with van der Waals surface area (Å²) in [4.78, 5) is 11.2. The molecule has 3 nitrogen and oxygen atoms in total. The van der Waals surface area contributed by atoms with Gasteiger partial charge in [-0.25, -0.2) is 4.79 Å². The normalized spacial score (nSPS) is 12.2. The molecule has 0 unspecified atom stereocenters. The number of benzene rings is 1. The number of hydrogen-bond acceptors (Lipinski definition) is 3. The molecule has 1 aromatic carbocycles. The number of alkyl halides is 3. The second kappa shape index (κ2) is 6.47. The predicted molar refractivity (Wildman–Crippen MR) is 63.6 cm³/mol. The number of hydrogen-bond donors (Lipinski definition) is 0. The molecule has 0 aliphatic carbocycles. The molecule has 0 aromatic heterocycles. The van der Waals surface area contributed by atoms with Gasteiger partial charge in [0, 0.05) is 0 Å². The van der Waals surface area contributed by atoms with Crippen molar-refractivity contribution in [2.24, 2.45) is 0 Å². The zero-order valence-electron chi connectivity index (χ0n) is 9.83. The fraction of sp³-hybridized carbons (Fsp3) is 0.250. The number of esters is 1. The second-order valence-electron chi connectivity index (χ2n) is 3.33. The lowest BCUT2D eigenvalue weighted by Gasteiger charge is -2.08. The Bertz CT molecular complexity index is 466. The van der Waals surface area contributed by atoms with Crippen LogP contribution in [0.1, 0.15) is 12.5 Å². The van der Waals surface area contributed by atoms with E-state index >= 15 is 0 Å². The van der Waals surface area contributed by atoms with E-state index in [0.29, 0.717) is 5.56 Å². The molecular weight excluding hydrogens is 285 g/mol. The van der Waals surface area contributed by atoms with Crippen molar-refractivity contribution in [3.05, 3.63) is 34.9 Å². The molecule has 0 spiro atoms. The van der Waals surface area contributed by atoms with Crippen molar-refractivity contribution in [1.82, 2.24) is 0 Å². The van der Waals surface area contributed by atoms with Crippen LogP contribution in [0.2, 0.25) is 0 Å². The van der Waals surface area contributed by atoms with Crippen molar-refractivity contribution in [1.29, 1.82) is 0 Å². The maximum atomic E-state index is 11.9. The van der Waals surface area contributed by atoms with Crippen LogP contribution >= 0.6 is 11.6 Å². The number of rotatable bonds is 4. The third-order valence-electron chi connectivity index (χ3n) is 1.88. The summed E-state index contributed by atoms with van der Waals surface area (Å²) >= 11 is 5.67. The van der Waals surface area contributed by atoms with Gasteiger partial charge in [0.25, 0.3) is 0 Å². The van der Waals surface area contributed by atoms with E-state index in [2.05, 4.69) is 9.47 Å². The maximum absolute atomic E-state index is 11.9. The third-order valence-corrected chi connectivity index (χ3v) is 2.14. The molecule has 104 valence electrons. The zero-order chi connectivity index (χ0) is 14.5. The number of carbonyl (C=O) groups excluding carboxylic acids is 1. The highest BCUT2D eigenvalue weighted by atomic mass is 35.5. The van der Waals surface area contributed by atoms with Crippen molar-refractivity contribution in [3.8, 4) is 5.75 Å². The topological polar surface area (TPSA) is 35.5 Å². The minimum Gasteiger partial charge on any atom is -0.462 e. The van der Waals surface area contributed by atoms with E-state index in [4.69, 9.17) is 11.6 Å². The van der Waals surface area contributed by atoms with E-state index in [0.717, 1.165) is 12.1 Å². The Labute approximate surface area is 112 Å². The quantitative estimate of drug-likeness (QED) is 0.627. The average molecular weight is 295 g/mol. The number of halogens is 4. The molecule has 0 radical (unpaired) electrons. The molecule has 0 fully saturated rings. The van der Waals surface area contributed by atoms with Crippen molar-refractivity contribution in [2.75, 3.05) is 6.61 Å². The molecule has 1 aromatic rings. The van der Waals surface area contributed by atoms with Gasteiger partial charge in [0.1, 0.15) is 10.8 Å². The maximum Gasteiger partial charge on any atom is 0.573 e. The first kappa shape index (κ1) is 15.4. The highest BCUT2D eigenvalue weighted by Crippen LogP contribution is 2.23. The van der Waals surface area contributed by atoms with E-state index in [1.807, 2.05) is 0 Å². The van der Waals surface area contributed by atoms with Gasteiger partial charge in [0.2, 0.25) is 0 Å². The summed E-state index contributed by atoms with van der Waals surface area (Å²) in [6, 6.07) is 4.91. The lowest BCUT2D eigenvalue weighted by Crippen LogP contribution is -2.16. The average Bonchev–Trinajstić information content (AvgIpc) is 2.30. The Morgan fingerprint density at radius 1 is 1.32 bits per heavy atom. The van der Waals surface area contributed by atoms with Crippen molar-refractivity contribution in [2.45, 2.75) is 13.3 Å². The van der Waals surface area contributed by atoms with Gasteiger partial charge in [-0.05, 0) is 30.7 Å². The molecule has 0 bridgehead atoms. The lowest BCUT2D eigenvalue weighted by molar-refractivity contribution is -0.274. The lowest BCUT2D eigenvalue weighted by atomic mass is 10.2. The highest BCUT2D eigenvalue weighted by molar-refractivity contribution is 6.43. The zero-order valence-corrected chi connectivity index (χ0v) is 10.6. The first-order valence-electron chi connectivity index (χ1n) is 5.22. The molecule has 0 aliphatic rings. The summed E-state index contributed by atoms with van der Waals surface area (Å²) in [7, 11) is 0. The molecule has 1 rings (SSSR count). The van der Waals surface area contributed by atoms with Gasteiger partial charge >= 0.3 is 12.3 Å². The first-order chi connectivity index (χ1) is 8.81. The Balaban J connectivity index is 2.77. The summed E-state index contributed by atoms with van der Waals surface area (Å²) in [5, 5.41) is -0.161. The third kappa shape index (κ3) is 5.65. The van der Waals surface area contributed by atoms with Crippen molar-refractivity contribution >= 4 is 23.6 Å². The van der Waals surface area contributed by atoms with Crippen LogP contribution in [0, 0.1) is 0 Å². The summed E-state index contributed by atoms with van der Waals surface area (Å²) in [5.74, 6) is -1.04. The van der Waals surface area contributed by atoms with Gasteiger partial charge in [-0.2, -0.15) is 0 Å². The van der Waals surface area contributed by atoms with Crippen molar-refractivity contribution in [3.63, 3.8) is 0 Å². The van der Waals surface area contributed by atoms with Crippen LogP contribution in [-0.2, 0) is 9.53 Å². The molecule has 7 heteroatoms. The minimum absolute atomic E-state index is 0.161. The van der Waals surface area contributed by atoms with Crippen LogP contribution in [0.5, 0.6) is 5.75 Å². The van der Waals surface area contributed by atoms with Crippen LogP contribution in [0.3, 0.4) is 0 Å². The van der Waals surface area contributed by atoms with Crippen LogP contribution in [0.15, 0.2) is 29.3 Å². The van der Waals surface area contributed by atoms with E-state index in [1.165, 1.54) is 18.2 Å². The Morgan fingerprint density at radius 2 is 1.89 bits per heavy atom. The minimum atomic E-state index is -4.74. The fourth-order valence-electron chi connectivity index (χ4n) is 1.17. The first-order valence-corrected chi connectivity index (χ1v) is 5.59. The molecule has 0 heterocycles. The molecule has 0 saturated heterocycles. The van der Waals surface area contributed by atoms with Crippen LogP contribution < -0.4 is 4.74 Å². The van der Waals surface area contributed by atoms with E-state index in [1.54, 1.807) is 6.92 Å². The summed E-state index contributed by atoms with van der Waals surface area (Å²) in [5.41, 5.74) is 0.451. The van der Waals surface area contributed by atoms with Gasteiger partial charge in [-0.3, -0.25) is 0 Å². The smallest absolute Gasteiger partial charge is 0.462 e. The standard InChI is InChI=1S/C12H10ClF3O3/c1-2-18-11(17)10(13)7-8-3-5-9(6-4-8)19-12(14,15)16/h3-7H,2H2,1H3/b10-7-. The Hall–Kier alpha value is -1.69. The monoisotopic (exact) mass is 294 g/mol. The fourth-order valence-corrected chi connectivity index (χ4v) is 1.35. The van der Waals surface area contributed by atoms with Crippen LogP contribution in [0.25, 0.3) is 6.08 Å². The molecule has 0 aliphatic heterocycles. The van der Waals surface area contributed by atoms with Crippen LogP contribution in [-0.4, -0.2) is 18.9 Å². The van der Waals surface area contributed by atoms with E-state index in [-0.39, 0.29) is 17.4 Å².